The summed E-state index contributed by atoms with van der Waals surface area (Å²) in [5, 5.41) is 5.63. The van der Waals surface area contributed by atoms with Gasteiger partial charge in [-0.2, -0.15) is 5.10 Å². The zero-order chi connectivity index (χ0) is 12.1. The number of rotatable bonds is 3. The van der Waals surface area contributed by atoms with E-state index in [1.165, 1.54) is 11.3 Å². The molecule has 2 aromatic rings. The van der Waals surface area contributed by atoms with Crippen LogP contribution in [0.25, 0.3) is 0 Å². The predicted molar refractivity (Wildman–Crippen MR) is 70.2 cm³/mol. The number of nitrogens with zero attached hydrogens (tertiary/aromatic N) is 1. The summed E-state index contributed by atoms with van der Waals surface area (Å²) < 4.78 is 0. The highest BCUT2D eigenvalue weighted by Gasteiger charge is 2.09. The molecule has 0 aliphatic carbocycles. The summed E-state index contributed by atoms with van der Waals surface area (Å²) in [6, 6.07) is 11.2. The Morgan fingerprint density at radius 2 is 2.06 bits per heavy atom. The molecule has 0 radical (unpaired) electrons. The standard InChI is InChI=1S/C12H11N3OS/c13-10-6-7-17-11(10)12(16)15-14-8-9-4-2-1-3-5-9/h1-8H,13H2,(H,15,16)/b14-8-. The molecule has 17 heavy (non-hydrogen) atoms. The highest BCUT2D eigenvalue weighted by Crippen LogP contribution is 2.18. The van der Waals surface area contributed by atoms with Crippen LogP contribution in [0.5, 0.6) is 0 Å². The molecule has 2 rings (SSSR count). The molecule has 1 aromatic carbocycles. The van der Waals surface area contributed by atoms with Crippen molar-refractivity contribution >= 4 is 29.1 Å². The van der Waals surface area contributed by atoms with E-state index in [1.54, 1.807) is 17.7 Å². The van der Waals surface area contributed by atoms with Gasteiger partial charge in [0, 0.05) is 0 Å². The first kappa shape index (κ1) is 11.3. The number of nitrogens with two attached hydrogens (primary N) is 1. The normalized spacial score (nSPS) is 10.6. The van der Waals surface area contributed by atoms with E-state index in [9.17, 15) is 4.79 Å². The monoisotopic (exact) mass is 245 g/mol. The van der Waals surface area contributed by atoms with Gasteiger partial charge in [-0.25, -0.2) is 5.43 Å². The zero-order valence-electron chi connectivity index (χ0n) is 8.96. The number of carbonyl (C=O) groups excluding carboxylic acids is 1. The van der Waals surface area contributed by atoms with Crippen molar-refractivity contribution in [1.82, 2.24) is 5.43 Å². The Bertz CT molecular complexity index is 534. The molecule has 0 saturated carbocycles. The van der Waals surface area contributed by atoms with E-state index in [0.29, 0.717) is 10.6 Å². The van der Waals surface area contributed by atoms with Gasteiger partial charge in [-0.3, -0.25) is 4.79 Å². The molecule has 1 aromatic heterocycles. The number of carbonyl (C=O) groups is 1. The van der Waals surface area contributed by atoms with Gasteiger partial charge >= 0.3 is 0 Å². The Balaban J connectivity index is 1.98. The molecular formula is C12H11N3OS. The summed E-state index contributed by atoms with van der Waals surface area (Å²) in [6.45, 7) is 0. The predicted octanol–water partition coefficient (Wildman–Crippen LogP) is 2.09. The fraction of sp³-hybridized carbons (Fsp3) is 0. The quantitative estimate of drug-likeness (QED) is 0.642. The van der Waals surface area contributed by atoms with E-state index in [2.05, 4.69) is 10.5 Å². The fourth-order valence-corrected chi connectivity index (χ4v) is 1.97. The van der Waals surface area contributed by atoms with E-state index in [1.807, 2.05) is 30.3 Å². The van der Waals surface area contributed by atoms with Crippen molar-refractivity contribution in [2.75, 3.05) is 5.73 Å². The molecule has 5 heteroatoms. The van der Waals surface area contributed by atoms with Crippen LogP contribution in [0.1, 0.15) is 15.2 Å². The third-order valence-electron chi connectivity index (χ3n) is 2.08. The molecule has 1 heterocycles. The second-order valence-corrected chi connectivity index (χ2v) is 4.23. The van der Waals surface area contributed by atoms with Crippen LogP contribution in [-0.4, -0.2) is 12.1 Å². The average molecular weight is 245 g/mol. The minimum atomic E-state index is -0.287. The Labute approximate surface area is 103 Å². The van der Waals surface area contributed by atoms with Crippen molar-refractivity contribution in [3.8, 4) is 0 Å². The maximum Gasteiger partial charge on any atom is 0.283 e. The lowest BCUT2D eigenvalue weighted by Gasteiger charge is -1.97. The first-order valence-corrected chi connectivity index (χ1v) is 5.87. The van der Waals surface area contributed by atoms with Crippen LogP contribution in [0.4, 0.5) is 5.69 Å². The molecule has 1 amide bonds. The Kier molecular flexibility index (Phi) is 3.52. The largest absolute Gasteiger partial charge is 0.397 e. The molecule has 0 aliphatic rings. The summed E-state index contributed by atoms with van der Waals surface area (Å²) in [4.78, 5) is 12.1. The highest BCUT2D eigenvalue weighted by atomic mass is 32.1. The van der Waals surface area contributed by atoms with Crippen LogP contribution >= 0.6 is 11.3 Å². The molecule has 0 unspecified atom stereocenters. The first-order valence-electron chi connectivity index (χ1n) is 4.99. The minimum absolute atomic E-state index is 0.287. The van der Waals surface area contributed by atoms with Crippen LogP contribution in [-0.2, 0) is 0 Å². The van der Waals surface area contributed by atoms with Crippen LogP contribution in [0.2, 0.25) is 0 Å². The number of anilines is 1. The Hall–Kier alpha value is -2.14. The van der Waals surface area contributed by atoms with Gasteiger partial charge in [0.2, 0.25) is 0 Å². The third-order valence-corrected chi connectivity index (χ3v) is 3.01. The second-order valence-electron chi connectivity index (χ2n) is 3.31. The third kappa shape index (κ3) is 2.92. The van der Waals surface area contributed by atoms with Gasteiger partial charge in [0.05, 0.1) is 11.9 Å². The van der Waals surface area contributed by atoms with Crippen molar-refractivity contribution in [3.05, 3.63) is 52.2 Å². The van der Waals surface area contributed by atoms with Crippen LogP contribution in [0.15, 0.2) is 46.9 Å². The lowest BCUT2D eigenvalue weighted by atomic mass is 10.2. The summed E-state index contributed by atoms with van der Waals surface area (Å²) in [5.41, 5.74) is 9.45. The van der Waals surface area contributed by atoms with Gasteiger partial charge in [0.1, 0.15) is 4.88 Å². The number of hydrogen-bond donors (Lipinski definition) is 2. The molecule has 0 atom stereocenters. The summed E-state index contributed by atoms with van der Waals surface area (Å²) in [6.07, 6.45) is 1.59. The van der Waals surface area contributed by atoms with E-state index < -0.39 is 0 Å². The van der Waals surface area contributed by atoms with Gasteiger partial charge in [-0.05, 0) is 17.0 Å². The minimum Gasteiger partial charge on any atom is -0.397 e. The van der Waals surface area contributed by atoms with E-state index in [0.717, 1.165) is 5.56 Å². The number of nitrogens with one attached hydrogen (secondary N) is 1. The van der Waals surface area contributed by atoms with Gasteiger partial charge < -0.3 is 5.73 Å². The maximum atomic E-state index is 11.6. The second kappa shape index (κ2) is 5.27. The smallest absolute Gasteiger partial charge is 0.283 e. The lowest BCUT2D eigenvalue weighted by Crippen LogP contribution is -2.17. The van der Waals surface area contributed by atoms with Crippen molar-refractivity contribution in [2.24, 2.45) is 5.10 Å². The van der Waals surface area contributed by atoms with Gasteiger partial charge in [-0.15, -0.1) is 11.3 Å². The molecule has 0 saturated heterocycles. The van der Waals surface area contributed by atoms with E-state index in [-0.39, 0.29) is 5.91 Å². The number of hydrazone groups is 1. The molecular weight excluding hydrogens is 234 g/mol. The van der Waals surface area contributed by atoms with Crippen molar-refractivity contribution in [1.29, 1.82) is 0 Å². The Morgan fingerprint density at radius 3 is 2.71 bits per heavy atom. The summed E-state index contributed by atoms with van der Waals surface area (Å²) >= 11 is 1.29. The molecule has 0 bridgehead atoms. The summed E-state index contributed by atoms with van der Waals surface area (Å²) in [7, 11) is 0. The molecule has 0 fully saturated rings. The molecule has 0 aliphatic heterocycles. The average Bonchev–Trinajstić information content (AvgIpc) is 2.77. The molecule has 3 N–H and O–H groups in total. The fourth-order valence-electron chi connectivity index (χ4n) is 1.26. The maximum absolute atomic E-state index is 11.6. The van der Waals surface area contributed by atoms with E-state index >= 15 is 0 Å². The lowest BCUT2D eigenvalue weighted by molar-refractivity contribution is 0.0960. The molecule has 0 spiro atoms. The number of hydrogen-bond acceptors (Lipinski definition) is 4. The van der Waals surface area contributed by atoms with Crippen molar-refractivity contribution < 1.29 is 4.79 Å². The number of thiophene rings is 1. The number of amides is 1. The SMILES string of the molecule is Nc1ccsc1C(=O)N/N=C\c1ccccc1. The van der Waals surface area contributed by atoms with Gasteiger partial charge in [0.15, 0.2) is 0 Å². The number of nitrogen functional groups attached to an aromatic ring is 1. The Morgan fingerprint density at radius 1 is 1.29 bits per heavy atom. The van der Waals surface area contributed by atoms with E-state index in [4.69, 9.17) is 5.73 Å². The van der Waals surface area contributed by atoms with Crippen molar-refractivity contribution in [3.63, 3.8) is 0 Å². The molecule has 86 valence electrons. The van der Waals surface area contributed by atoms with Gasteiger partial charge in [-0.1, -0.05) is 30.3 Å². The van der Waals surface area contributed by atoms with Gasteiger partial charge in [0.25, 0.3) is 5.91 Å². The topological polar surface area (TPSA) is 67.5 Å². The van der Waals surface area contributed by atoms with Crippen LogP contribution < -0.4 is 11.2 Å². The summed E-state index contributed by atoms with van der Waals surface area (Å²) in [5.74, 6) is -0.287. The first-order chi connectivity index (χ1) is 8.27. The number of benzene rings is 1. The van der Waals surface area contributed by atoms with Crippen molar-refractivity contribution in [2.45, 2.75) is 0 Å². The zero-order valence-corrected chi connectivity index (χ0v) is 9.78. The molecule has 4 nitrogen and oxygen atoms in total. The highest BCUT2D eigenvalue weighted by molar-refractivity contribution is 7.12. The van der Waals surface area contributed by atoms with Crippen LogP contribution in [0, 0.1) is 0 Å². The van der Waals surface area contributed by atoms with Crippen LogP contribution in [0.3, 0.4) is 0 Å².